The molecular formula is C10H16O. The molecule has 0 aliphatic heterocycles. The molecule has 0 aromatic rings. The van der Waals surface area contributed by atoms with Crippen LogP contribution in [0.25, 0.3) is 0 Å². The second-order valence-corrected chi connectivity index (χ2v) is 3.87. The van der Waals surface area contributed by atoms with Crippen LogP contribution in [0.3, 0.4) is 0 Å². The maximum atomic E-state index is 9.65. The topological polar surface area (TPSA) is 20.2 Å². The number of aliphatic hydroxyl groups is 1. The standard InChI is InChI=1S/C10H16O/c1-4-5-6-9(11)10(3)7-8(10)2/h1,8-9,11H,5-7H2,2-3H3. The SMILES string of the molecule is C#CCCC(O)C1(C)CC1C. The van der Waals surface area contributed by atoms with Crippen molar-refractivity contribution in [2.45, 2.75) is 39.2 Å². The monoisotopic (exact) mass is 152 g/mol. The lowest BCUT2D eigenvalue weighted by atomic mass is 9.95. The van der Waals surface area contributed by atoms with Crippen LogP contribution in [-0.2, 0) is 0 Å². The highest BCUT2D eigenvalue weighted by atomic mass is 16.3. The van der Waals surface area contributed by atoms with E-state index in [1.54, 1.807) is 0 Å². The largest absolute Gasteiger partial charge is 0.393 e. The van der Waals surface area contributed by atoms with Crippen molar-refractivity contribution < 1.29 is 5.11 Å². The molecule has 1 heteroatoms. The van der Waals surface area contributed by atoms with E-state index in [0.29, 0.717) is 12.3 Å². The van der Waals surface area contributed by atoms with Crippen LogP contribution in [0, 0.1) is 23.7 Å². The Morgan fingerprint density at radius 3 is 2.73 bits per heavy atom. The molecular weight excluding hydrogens is 136 g/mol. The normalized spacial score (nSPS) is 37.8. The first-order valence-electron chi connectivity index (χ1n) is 4.23. The summed E-state index contributed by atoms with van der Waals surface area (Å²) in [4.78, 5) is 0. The van der Waals surface area contributed by atoms with Gasteiger partial charge in [-0.15, -0.1) is 12.3 Å². The van der Waals surface area contributed by atoms with Crippen molar-refractivity contribution in [3.63, 3.8) is 0 Å². The van der Waals surface area contributed by atoms with Gasteiger partial charge in [0, 0.05) is 6.42 Å². The summed E-state index contributed by atoms with van der Waals surface area (Å²) in [6.45, 7) is 4.32. The van der Waals surface area contributed by atoms with Crippen LogP contribution in [-0.4, -0.2) is 11.2 Å². The van der Waals surface area contributed by atoms with E-state index in [2.05, 4.69) is 19.8 Å². The zero-order valence-corrected chi connectivity index (χ0v) is 7.30. The highest BCUT2D eigenvalue weighted by molar-refractivity contribution is 5.02. The van der Waals surface area contributed by atoms with E-state index in [9.17, 15) is 5.11 Å². The molecule has 1 rings (SSSR count). The van der Waals surface area contributed by atoms with Crippen molar-refractivity contribution in [1.82, 2.24) is 0 Å². The van der Waals surface area contributed by atoms with Crippen LogP contribution in [0.4, 0.5) is 0 Å². The first kappa shape index (κ1) is 8.62. The first-order valence-corrected chi connectivity index (χ1v) is 4.23. The Labute approximate surface area is 68.8 Å². The van der Waals surface area contributed by atoms with Gasteiger partial charge in [0.1, 0.15) is 0 Å². The van der Waals surface area contributed by atoms with E-state index in [-0.39, 0.29) is 11.5 Å². The van der Waals surface area contributed by atoms with Gasteiger partial charge in [0.15, 0.2) is 0 Å². The Hall–Kier alpha value is -0.480. The Balaban J connectivity index is 2.32. The molecule has 62 valence electrons. The molecule has 0 aromatic heterocycles. The summed E-state index contributed by atoms with van der Waals surface area (Å²) in [7, 11) is 0. The molecule has 0 spiro atoms. The molecule has 3 atom stereocenters. The van der Waals surface area contributed by atoms with Crippen LogP contribution in [0.15, 0.2) is 0 Å². The fourth-order valence-electron chi connectivity index (χ4n) is 1.62. The molecule has 0 heterocycles. The molecule has 1 aliphatic rings. The Morgan fingerprint density at radius 2 is 2.36 bits per heavy atom. The molecule has 1 aliphatic carbocycles. The second kappa shape index (κ2) is 2.87. The maximum absolute atomic E-state index is 9.65. The highest BCUT2D eigenvalue weighted by Gasteiger charge is 2.51. The van der Waals surface area contributed by atoms with Gasteiger partial charge in [-0.25, -0.2) is 0 Å². The minimum Gasteiger partial charge on any atom is -0.393 e. The second-order valence-electron chi connectivity index (χ2n) is 3.87. The van der Waals surface area contributed by atoms with Gasteiger partial charge in [-0.2, -0.15) is 0 Å². The van der Waals surface area contributed by atoms with E-state index in [1.165, 1.54) is 0 Å². The molecule has 1 fully saturated rings. The number of rotatable bonds is 3. The lowest BCUT2D eigenvalue weighted by molar-refractivity contribution is 0.0878. The summed E-state index contributed by atoms with van der Waals surface area (Å²) in [5, 5.41) is 9.65. The minimum absolute atomic E-state index is 0.177. The van der Waals surface area contributed by atoms with E-state index >= 15 is 0 Å². The number of hydrogen-bond donors (Lipinski definition) is 1. The van der Waals surface area contributed by atoms with Gasteiger partial charge in [-0.1, -0.05) is 13.8 Å². The Kier molecular flexibility index (Phi) is 2.25. The highest BCUT2D eigenvalue weighted by Crippen LogP contribution is 2.55. The quantitative estimate of drug-likeness (QED) is 0.611. The lowest BCUT2D eigenvalue weighted by Crippen LogP contribution is -2.20. The molecule has 1 nitrogen and oxygen atoms in total. The van der Waals surface area contributed by atoms with Crippen molar-refractivity contribution in [3.8, 4) is 12.3 Å². The average molecular weight is 152 g/mol. The van der Waals surface area contributed by atoms with Gasteiger partial charge < -0.3 is 5.11 Å². The van der Waals surface area contributed by atoms with Gasteiger partial charge in [0.05, 0.1) is 6.10 Å². The van der Waals surface area contributed by atoms with Gasteiger partial charge in [0.25, 0.3) is 0 Å². The Bertz CT molecular complexity index is 180. The average Bonchev–Trinajstić information content (AvgIpc) is 2.56. The predicted octanol–water partition coefficient (Wildman–Crippen LogP) is 1.81. The fourth-order valence-corrected chi connectivity index (χ4v) is 1.62. The van der Waals surface area contributed by atoms with E-state index in [0.717, 1.165) is 12.8 Å². The van der Waals surface area contributed by atoms with Crippen LogP contribution in [0.5, 0.6) is 0 Å². The third-order valence-electron chi connectivity index (χ3n) is 3.04. The summed E-state index contributed by atoms with van der Waals surface area (Å²) >= 11 is 0. The van der Waals surface area contributed by atoms with Gasteiger partial charge in [-0.05, 0) is 24.2 Å². The van der Waals surface area contributed by atoms with Gasteiger partial charge in [0.2, 0.25) is 0 Å². The summed E-state index contributed by atoms with van der Waals surface area (Å²) < 4.78 is 0. The smallest absolute Gasteiger partial charge is 0.0605 e. The lowest BCUT2D eigenvalue weighted by Gasteiger charge is -2.17. The first-order chi connectivity index (χ1) is 5.11. The summed E-state index contributed by atoms with van der Waals surface area (Å²) in [5.41, 5.74) is 0.177. The molecule has 0 saturated heterocycles. The molecule has 0 aromatic carbocycles. The maximum Gasteiger partial charge on any atom is 0.0605 e. The van der Waals surface area contributed by atoms with Crippen molar-refractivity contribution in [1.29, 1.82) is 0 Å². The minimum atomic E-state index is -0.187. The van der Waals surface area contributed by atoms with Crippen LogP contribution >= 0.6 is 0 Å². The van der Waals surface area contributed by atoms with Crippen LogP contribution in [0.2, 0.25) is 0 Å². The molecule has 3 unspecified atom stereocenters. The summed E-state index contributed by atoms with van der Waals surface area (Å²) in [5.74, 6) is 3.23. The third kappa shape index (κ3) is 1.57. The van der Waals surface area contributed by atoms with Crippen molar-refractivity contribution >= 4 is 0 Å². The number of terminal acetylenes is 1. The fraction of sp³-hybridized carbons (Fsp3) is 0.800. The molecule has 1 saturated carbocycles. The molecule has 0 radical (unpaired) electrons. The van der Waals surface area contributed by atoms with Crippen molar-refractivity contribution in [2.24, 2.45) is 11.3 Å². The third-order valence-corrected chi connectivity index (χ3v) is 3.04. The molecule has 0 amide bonds. The van der Waals surface area contributed by atoms with Gasteiger partial charge >= 0.3 is 0 Å². The zero-order chi connectivity index (χ0) is 8.48. The zero-order valence-electron chi connectivity index (χ0n) is 7.30. The molecule has 1 N–H and O–H groups in total. The van der Waals surface area contributed by atoms with E-state index in [1.807, 2.05) is 0 Å². The van der Waals surface area contributed by atoms with Crippen molar-refractivity contribution in [2.75, 3.05) is 0 Å². The van der Waals surface area contributed by atoms with Crippen molar-refractivity contribution in [3.05, 3.63) is 0 Å². The molecule has 11 heavy (non-hydrogen) atoms. The number of aliphatic hydroxyl groups excluding tert-OH is 1. The van der Waals surface area contributed by atoms with E-state index < -0.39 is 0 Å². The van der Waals surface area contributed by atoms with Gasteiger partial charge in [-0.3, -0.25) is 0 Å². The van der Waals surface area contributed by atoms with Crippen LogP contribution in [0.1, 0.15) is 33.1 Å². The molecule has 0 bridgehead atoms. The number of hydrogen-bond acceptors (Lipinski definition) is 1. The van der Waals surface area contributed by atoms with E-state index in [4.69, 9.17) is 6.42 Å². The Morgan fingerprint density at radius 1 is 1.82 bits per heavy atom. The van der Waals surface area contributed by atoms with Crippen LogP contribution < -0.4 is 0 Å². The summed E-state index contributed by atoms with van der Waals surface area (Å²) in [6, 6.07) is 0. The predicted molar refractivity (Wildman–Crippen MR) is 46.0 cm³/mol. The summed E-state index contributed by atoms with van der Waals surface area (Å²) in [6.07, 6.45) is 7.54.